The lowest BCUT2D eigenvalue weighted by Crippen LogP contribution is -2.46. The van der Waals surface area contributed by atoms with Gasteiger partial charge in [0, 0.05) is 50.9 Å². The molecule has 37 heavy (non-hydrogen) atoms. The van der Waals surface area contributed by atoms with Gasteiger partial charge in [-0.2, -0.15) is 5.10 Å². The van der Waals surface area contributed by atoms with Crippen LogP contribution in [0.2, 0.25) is 5.02 Å². The Balaban J connectivity index is 1.39. The molecule has 1 saturated heterocycles. The Morgan fingerprint density at radius 3 is 2.59 bits per heavy atom. The Kier molecular flexibility index (Phi) is 8.05. The predicted octanol–water partition coefficient (Wildman–Crippen LogP) is 3.89. The highest BCUT2D eigenvalue weighted by molar-refractivity contribution is 7.12. The third-order valence-electron chi connectivity index (χ3n) is 6.80. The van der Waals surface area contributed by atoms with Crippen molar-refractivity contribution in [2.75, 3.05) is 45.9 Å². The Morgan fingerprint density at radius 2 is 1.92 bits per heavy atom. The molecule has 2 aromatic heterocycles. The number of carbonyl (C=O) groups excluding carboxylic acids is 2. The Morgan fingerprint density at radius 1 is 1.14 bits per heavy atom. The number of carbonyl (C=O) groups is 2. The summed E-state index contributed by atoms with van der Waals surface area (Å²) in [6.07, 6.45) is 2.55. The molecule has 2 aliphatic heterocycles. The number of thiophene rings is 1. The average molecular weight is 540 g/mol. The summed E-state index contributed by atoms with van der Waals surface area (Å²) in [4.78, 5) is 31.7. The number of benzene rings is 1. The van der Waals surface area contributed by atoms with Crippen molar-refractivity contribution in [1.82, 2.24) is 19.4 Å². The quantitative estimate of drug-likeness (QED) is 0.435. The van der Waals surface area contributed by atoms with E-state index in [1.165, 1.54) is 11.3 Å². The lowest BCUT2D eigenvalue weighted by atomic mass is 10.0. The number of morpholine rings is 1. The third kappa shape index (κ3) is 5.96. The molecular weight excluding hydrogens is 510 g/mol. The number of ether oxygens (including phenoxy) is 1. The molecule has 5 rings (SSSR count). The minimum atomic E-state index is -0.271. The molecule has 0 spiro atoms. The summed E-state index contributed by atoms with van der Waals surface area (Å²) >= 11 is 7.52. The van der Waals surface area contributed by atoms with Gasteiger partial charge < -0.3 is 14.2 Å². The minimum Gasteiger partial charge on any atom is -0.379 e. The summed E-state index contributed by atoms with van der Waals surface area (Å²) in [5, 5.41) is 8.85. The molecule has 8 nitrogen and oxygen atoms in total. The summed E-state index contributed by atoms with van der Waals surface area (Å²) in [6.45, 7) is 4.11. The van der Waals surface area contributed by atoms with Gasteiger partial charge in [-0.05, 0) is 41.3 Å². The summed E-state index contributed by atoms with van der Waals surface area (Å²) in [5.41, 5.74) is 2.76. The Hall–Kier alpha value is -2.98. The molecule has 4 heterocycles. The van der Waals surface area contributed by atoms with Crippen LogP contribution in [0.15, 0.2) is 65.2 Å². The van der Waals surface area contributed by atoms with Crippen LogP contribution in [0.5, 0.6) is 0 Å². The molecule has 0 saturated carbocycles. The van der Waals surface area contributed by atoms with Crippen LogP contribution < -0.4 is 0 Å². The number of hydrogen-bond donors (Lipinski definition) is 0. The van der Waals surface area contributed by atoms with Gasteiger partial charge in [0.2, 0.25) is 0 Å². The lowest BCUT2D eigenvalue weighted by molar-refractivity contribution is -0.133. The van der Waals surface area contributed by atoms with Gasteiger partial charge in [-0.3, -0.25) is 14.5 Å². The Labute approximate surface area is 225 Å². The number of aryl methyl sites for hydroxylation is 1. The first kappa shape index (κ1) is 25.7. The van der Waals surface area contributed by atoms with E-state index in [0.29, 0.717) is 42.6 Å². The van der Waals surface area contributed by atoms with Gasteiger partial charge in [-0.1, -0.05) is 29.8 Å². The van der Waals surface area contributed by atoms with E-state index in [0.717, 1.165) is 30.1 Å². The van der Waals surface area contributed by atoms with E-state index in [1.807, 2.05) is 65.7 Å². The summed E-state index contributed by atoms with van der Waals surface area (Å²) in [5.74, 6) is -0.346. The highest BCUT2D eigenvalue weighted by atomic mass is 35.5. The SMILES string of the molecule is Cn1cccc1C1=NN(C(=O)CN(CCN2CCOCC2)C(=O)c2cccs2)[C@@H](c2ccc(Cl)cc2)C1. The largest absolute Gasteiger partial charge is 0.379 e. The second-order valence-electron chi connectivity index (χ2n) is 9.22. The predicted molar refractivity (Wildman–Crippen MR) is 145 cm³/mol. The molecule has 0 aliphatic carbocycles. The van der Waals surface area contributed by atoms with Crippen LogP contribution in [0, 0.1) is 0 Å². The number of rotatable bonds is 8. The first-order valence-corrected chi connectivity index (χ1v) is 13.6. The fourth-order valence-electron chi connectivity index (χ4n) is 4.73. The van der Waals surface area contributed by atoms with Crippen molar-refractivity contribution >= 4 is 40.5 Å². The second kappa shape index (κ2) is 11.6. The zero-order valence-electron chi connectivity index (χ0n) is 20.8. The molecule has 2 amide bonds. The second-order valence-corrected chi connectivity index (χ2v) is 10.6. The number of nitrogens with zero attached hydrogens (tertiary/aromatic N) is 5. The van der Waals surface area contributed by atoms with Crippen LogP contribution in [-0.2, 0) is 16.6 Å². The monoisotopic (exact) mass is 539 g/mol. The fourth-order valence-corrected chi connectivity index (χ4v) is 5.55. The van der Waals surface area contributed by atoms with Crippen molar-refractivity contribution in [3.63, 3.8) is 0 Å². The number of hydrogen-bond acceptors (Lipinski definition) is 6. The highest BCUT2D eigenvalue weighted by Gasteiger charge is 2.35. The highest BCUT2D eigenvalue weighted by Crippen LogP contribution is 2.33. The molecule has 1 aromatic carbocycles. The van der Waals surface area contributed by atoms with Gasteiger partial charge in [0.1, 0.15) is 6.54 Å². The van der Waals surface area contributed by atoms with Crippen LogP contribution in [0.25, 0.3) is 0 Å². The van der Waals surface area contributed by atoms with Crippen molar-refractivity contribution in [1.29, 1.82) is 0 Å². The van der Waals surface area contributed by atoms with E-state index in [4.69, 9.17) is 21.4 Å². The van der Waals surface area contributed by atoms with E-state index in [9.17, 15) is 9.59 Å². The van der Waals surface area contributed by atoms with Gasteiger partial charge in [-0.25, -0.2) is 5.01 Å². The smallest absolute Gasteiger partial charge is 0.264 e. The molecule has 1 fully saturated rings. The maximum Gasteiger partial charge on any atom is 0.264 e. The molecule has 2 aliphatic rings. The van der Waals surface area contributed by atoms with Crippen LogP contribution >= 0.6 is 22.9 Å². The van der Waals surface area contributed by atoms with Crippen molar-refractivity contribution in [3.8, 4) is 0 Å². The van der Waals surface area contributed by atoms with E-state index in [2.05, 4.69) is 4.90 Å². The Bertz CT molecular complexity index is 1250. The van der Waals surface area contributed by atoms with Crippen LogP contribution in [0.3, 0.4) is 0 Å². The van der Waals surface area contributed by atoms with E-state index >= 15 is 0 Å². The molecule has 0 bridgehead atoms. The maximum atomic E-state index is 13.8. The summed E-state index contributed by atoms with van der Waals surface area (Å²) in [6, 6.07) is 14.9. The van der Waals surface area contributed by atoms with Crippen LogP contribution in [0.1, 0.15) is 33.4 Å². The average Bonchev–Trinajstić information content (AvgIpc) is 3.68. The zero-order valence-corrected chi connectivity index (χ0v) is 22.3. The van der Waals surface area contributed by atoms with E-state index in [1.54, 1.807) is 16.0 Å². The fraction of sp³-hybridized carbons (Fsp3) is 0.370. The van der Waals surface area contributed by atoms with Crippen molar-refractivity contribution in [2.24, 2.45) is 12.1 Å². The molecule has 1 atom stereocenters. The molecule has 0 unspecified atom stereocenters. The number of halogens is 1. The molecular formula is C27H30ClN5O3S. The van der Waals surface area contributed by atoms with Gasteiger partial charge in [0.05, 0.1) is 35.5 Å². The van der Waals surface area contributed by atoms with Crippen LogP contribution in [-0.4, -0.2) is 82.8 Å². The third-order valence-corrected chi connectivity index (χ3v) is 7.91. The lowest BCUT2D eigenvalue weighted by Gasteiger charge is -2.31. The van der Waals surface area contributed by atoms with Crippen LogP contribution in [0.4, 0.5) is 0 Å². The maximum absolute atomic E-state index is 13.8. The van der Waals surface area contributed by atoms with E-state index < -0.39 is 0 Å². The first-order valence-electron chi connectivity index (χ1n) is 12.4. The van der Waals surface area contributed by atoms with Crippen molar-refractivity contribution < 1.29 is 14.3 Å². The van der Waals surface area contributed by atoms with Gasteiger partial charge in [0.25, 0.3) is 11.8 Å². The number of hydrazone groups is 1. The summed E-state index contributed by atoms with van der Waals surface area (Å²) < 4.78 is 7.45. The number of aromatic nitrogens is 1. The zero-order chi connectivity index (χ0) is 25.8. The van der Waals surface area contributed by atoms with Gasteiger partial charge in [-0.15, -0.1) is 11.3 Å². The molecule has 194 valence electrons. The molecule has 0 radical (unpaired) electrons. The van der Waals surface area contributed by atoms with Crippen molar-refractivity contribution in [3.05, 3.63) is 81.3 Å². The van der Waals surface area contributed by atoms with E-state index in [-0.39, 0.29) is 24.4 Å². The molecule has 3 aromatic rings. The number of amides is 2. The van der Waals surface area contributed by atoms with Gasteiger partial charge >= 0.3 is 0 Å². The molecule has 10 heteroatoms. The normalized spacial score (nSPS) is 18.2. The standard InChI is InChI=1S/C27H30ClN5O3S/c1-30-10-2-4-23(30)22-18-24(20-6-8-21(28)9-7-20)33(29-22)26(34)19-32(27(35)25-5-3-17-37-25)12-11-31-13-15-36-16-14-31/h2-10,17,24H,11-16,18-19H2,1H3/t24-/m1/s1. The summed E-state index contributed by atoms with van der Waals surface area (Å²) in [7, 11) is 1.96. The first-order chi connectivity index (χ1) is 18.0. The van der Waals surface area contributed by atoms with Crippen molar-refractivity contribution in [2.45, 2.75) is 12.5 Å². The minimum absolute atomic E-state index is 0.0465. The topological polar surface area (TPSA) is 70.4 Å². The van der Waals surface area contributed by atoms with Gasteiger partial charge in [0.15, 0.2) is 0 Å². The molecule has 0 N–H and O–H groups in total.